The molecule has 1 saturated heterocycles. The molecule has 1 amide bonds. The molecule has 0 aliphatic carbocycles. The molecule has 1 aromatic rings. The van der Waals surface area contributed by atoms with E-state index >= 15 is 0 Å². The van der Waals surface area contributed by atoms with Gasteiger partial charge in [0.15, 0.2) is 6.10 Å². The van der Waals surface area contributed by atoms with Crippen molar-refractivity contribution >= 4 is 5.91 Å². The average molecular weight is 305 g/mol. The molecule has 2 unspecified atom stereocenters. The van der Waals surface area contributed by atoms with Crippen LogP contribution >= 0.6 is 0 Å². The molecule has 4 nitrogen and oxygen atoms in total. The third kappa shape index (κ3) is 3.12. The van der Waals surface area contributed by atoms with Gasteiger partial charge in [-0.1, -0.05) is 32.0 Å². The minimum atomic E-state index is -0.565. The number of rotatable bonds is 4. The molecule has 1 aromatic carbocycles. The zero-order valence-electron chi connectivity index (χ0n) is 14.2. The van der Waals surface area contributed by atoms with Crippen LogP contribution in [0, 0.1) is 0 Å². The summed E-state index contributed by atoms with van der Waals surface area (Å²) in [7, 11) is 0. The van der Waals surface area contributed by atoms with E-state index in [0.29, 0.717) is 18.9 Å². The second-order valence-electron chi connectivity index (χ2n) is 6.90. The molecule has 1 N–H and O–H groups in total. The lowest BCUT2D eigenvalue weighted by Crippen LogP contribution is -2.51. The van der Waals surface area contributed by atoms with Gasteiger partial charge in [-0.15, -0.1) is 0 Å². The molecule has 2 rings (SSSR count). The molecule has 0 bridgehead atoms. The Morgan fingerprint density at radius 3 is 2.50 bits per heavy atom. The molecule has 0 spiro atoms. The Kier molecular flexibility index (Phi) is 4.81. The topological polar surface area (TPSA) is 49.8 Å². The van der Waals surface area contributed by atoms with Gasteiger partial charge in [0.05, 0.1) is 11.6 Å². The van der Waals surface area contributed by atoms with Gasteiger partial charge in [0, 0.05) is 6.54 Å². The van der Waals surface area contributed by atoms with E-state index in [9.17, 15) is 9.90 Å². The van der Waals surface area contributed by atoms with Crippen molar-refractivity contribution in [2.24, 2.45) is 0 Å². The smallest absolute Gasteiger partial charge is 0.263 e. The maximum atomic E-state index is 12.7. The van der Waals surface area contributed by atoms with Gasteiger partial charge in [0.2, 0.25) is 0 Å². The number of aliphatic hydroxyl groups is 1. The molecule has 1 aliphatic heterocycles. The summed E-state index contributed by atoms with van der Waals surface area (Å²) in [6.45, 7) is 10.4. The average Bonchev–Trinajstić information content (AvgIpc) is 2.72. The first-order valence-corrected chi connectivity index (χ1v) is 8.00. The predicted octanol–water partition coefficient (Wildman–Crippen LogP) is 2.95. The molecule has 2 atom stereocenters. The second kappa shape index (κ2) is 6.29. The van der Waals surface area contributed by atoms with Crippen LogP contribution in [0.4, 0.5) is 0 Å². The van der Waals surface area contributed by atoms with Gasteiger partial charge in [-0.2, -0.15) is 0 Å². The highest BCUT2D eigenvalue weighted by Gasteiger charge is 2.44. The fraction of sp³-hybridized carbons (Fsp3) is 0.611. The normalized spacial score (nSPS) is 22.0. The van der Waals surface area contributed by atoms with Crippen molar-refractivity contribution in [3.05, 3.63) is 29.8 Å². The number of nitrogens with zero attached hydrogens (tertiary/aromatic N) is 1. The fourth-order valence-corrected chi connectivity index (χ4v) is 2.99. The summed E-state index contributed by atoms with van der Waals surface area (Å²) in [5, 5.41) is 10.0. The Morgan fingerprint density at radius 1 is 1.32 bits per heavy atom. The first-order valence-electron chi connectivity index (χ1n) is 8.00. The van der Waals surface area contributed by atoms with Crippen LogP contribution in [0.25, 0.3) is 0 Å². The second-order valence-corrected chi connectivity index (χ2v) is 6.90. The van der Waals surface area contributed by atoms with Gasteiger partial charge in [-0.25, -0.2) is 0 Å². The van der Waals surface area contributed by atoms with Crippen LogP contribution in [0.2, 0.25) is 0 Å². The largest absolute Gasteiger partial charge is 0.481 e. The van der Waals surface area contributed by atoms with Crippen molar-refractivity contribution in [2.45, 2.75) is 64.7 Å². The number of benzene rings is 1. The minimum Gasteiger partial charge on any atom is -0.481 e. The van der Waals surface area contributed by atoms with E-state index in [1.807, 2.05) is 38.1 Å². The summed E-state index contributed by atoms with van der Waals surface area (Å²) in [6.07, 6.45) is -0.426. The highest BCUT2D eigenvalue weighted by molar-refractivity contribution is 5.82. The van der Waals surface area contributed by atoms with Crippen LogP contribution in [0.15, 0.2) is 24.3 Å². The number of hydrogen-bond acceptors (Lipinski definition) is 3. The maximum absolute atomic E-state index is 12.7. The Labute approximate surface area is 133 Å². The number of hydrogen-bond donors (Lipinski definition) is 1. The van der Waals surface area contributed by atoms with E-state index in [1.54, 1.807) is 11.8 Å². The molecule has 0 saturated carbocycles. The number of carbonyl (C=O) groups is 1. The lowest BCUT2D eigenvalue weighted by Gasteiger charge is -2.35. The lowest BCUT2D eigenvalue weighted by molar-refractivity contribution is -0.143. The standard InChI is InChI=1S/C18H27NO3/c1-12(2)14-8-6-7-9-15(14)22-13(3)17(21)19-11-10-16(20)18(19,4)5/h6-9,12-13,16,20H,10-11H2,1-5H3. The van der Waals surface area contributed by atoms with Crippen molar-refractivity contribution in [3.63, 3.8) is 0 Å². The third-order valence-corrected chi connectivity index (χ3v) is 4.60. The van der Waals surface area contributed by atoms with E-state index in [-0.39, 0.29) is 5.91 Å². The van der Waals surface area contributed by atoms with Crippen molar-refractivity contribution in [3.8, 4) is 5.75 Å². The number of carbonyl (C=O) groups excluding carboxylic acids is 1. The first kappa shape index (κ1) is 16.8. The molecular formula is C18H27NO3. The SMILES string of the molecule is CC(Oc1ccccc1C(C)C)C(=O)N1CCC(O)C1(C)C. The van der Waals surface area contributed by atoms with Crippen molar-refractivity contribution in [1.82, 2.24) is 4.90 Å². The third-order valence-electron chi connectivity index (χ3n) is 4.60. The van der Waals surface area contributed by atoms with Crippen LogP contribution < -0.4 is 4.74 Å². The maximum Gasteiger partial charge on any atom is 0.263 e. The molecule has 0 radical (unpaired) electrons. The van der Waals surface area contributed by atoms with Crippen LogP contribution in [-0.2, 0) is 4.79 Å². The summed E-state index contributed by atoms with van der Waals surface area (Å²) in [5.74, 6) is 1.03. The quantitative estimate of drug-likeness (QED) is 0.930. The van der Waals surface area contributed by atoms with Gasteiger partial charge in [-0.05, 0) is 44.7 Å². The molecular weight excluding hydrogens is 278 g/mol. The van der Waals surface area contributed by atoms with Gasteiger partial charge in [0.1, 0.15) is 5.75 Å². The first-order chi connectivity index (χ1) is 10.2. The predicted molar refractivity (Wildman–Crippen MR) is 87.0 cm³/mol. The summed E-state index contributed by atoms with van der Waals surface area (Å²) in [5.41, 5.74) is 0.564. The van der Waals surface area contributed by atoms with Crippen LogP contribution in [0.1, 0.15) is 52.5 Å². The number of ether oxygens (including phenoxy) is 1. The molecule has 122 valence electrons. The number of amides is 1. The van der Waals surface area contributed by atoms with Gasteiger partial charge >= 0.3 is 0 Å². The fourth-order valence-electron chi connectivity index (χ4n) is 2.99. The van der Waals surface area contributed by atoms with Gasteiger partial charge in [0.25, 0.3) is 5.91 Å². The van der Waals surface area contributed by atoms with Gasteiger partial charge in [-0.3, -0.25) is 4.79 Å². The highest BCUT2D eigenvalue weighted by Crippen LogP contribution is 2.31. The Balaban J connectivity index is 2.13. The van der Waals surface area contributed by atoms with E-state index in [1.165, 1.54) is 0 Å². The van der Waals surface area contributed by atoms with Gasteiger partial charge < -0.3 is 14.7 Å². The van der Waals surface area contributed by atoms with E-state index in [2.05, 4.69) is 13.8 Å². The van der Waals surface area contributed by atoms with Crippen molar-refractivity contribution < 1.29 is 14.6 Å². The number of aliphatic hydroxyl groups excluding tert-OH is 1. The van der Waals surface area contributed by atoms with E-state index in [0.717, 1.165) is 11.3 Å². The van der Waals surface area contributed by atoms with Crippen molar-refractivity contribution in [1.29, 1.82) is 0 Å². The minimum absolute atomic E-state index is 0.0693. The summed E-state index contributed by atoms with van der Waals surface area (Å²) in [4.78, 5) is 14.4. The molecule has 22 heavy (non-hydrogen) atoms. The summed E-state index contributed by atoms with van der Waals surface area (Å²) < 4.78 is 5.94. The molecule has 1 heterocycles. The molecule has 0 aromatic heterocycles. The zero-order chi connectivity index (χ0) is 16.5. The molecule has 4 heteroatoms. The van der Waals surface area contributed by atoms with Crippen LogP contribution in [0.5, 0.6) is 5.75 Å². The Hall–Kier alpha value is -1.55. The Bertz CT molecular complexity index is 539. The summed E-state index contributed by atoms with van der Waals surface area (Å²) in [6, 6.07) is 7.83. The monoisotopic (exact) mass is 305 g/mol. The number of para-hydroxylation sites is 1. The lowest BCUT2D eigenvalue weighted by atomic mass is 9.98. The highest BCUT2D eigenvalue weighted by atomic mass is 16.5. The van der Waals surface area contributed by atoms with Crippen molar-refractivity contribution in [2.75, 3.05) is 6.54 Å². The van der Waals surface area contributed by atoms with Crippen LogP contribution in [0.3, 0.4) is 0 Å². The van der Waals surface area contributed by atoms with Crippen LogP contribution in [-0.4, -0.2) is 40.2 Å². The van der Waals surface area contributed by atoms with E-state index in [4.69, 9.17) is 4.74 Å². The zero-order valence-corrected chi connectivity index (χ0v) is 14.2. The summed E-state index contributed by atoms with van der Waals surface area (Å²) >= 11 is 0. The molecule has 1 fully saturated rings. The van der Waals surface area contributed by atoms with E-state index < -0.39 is 17.7 Å². The number of likely N-dealkylation sites (tertiary alicyclic amines) is 1. The Morgan fingerprint density at radius 2 is 1.95 bits per heavy atom. The molecule has 1 aliphatic rings.